The summed E-state index contributed by atoms with van der Waals surface area (Å²) in [4.78, 5) is 34.7. The number of aryl methyl sites for hydroxylation is 1. The second-order valence-corrected chi connectivity index (χ2v) is 8.69. The Morgan fingerprint density at radius 3 is 2.40 bits per heavy atom. The Hall–Kier alpha value is -3.98. The molecule has 0 spiro atoms. The summed E-state index contributed by atoms with van der Waals surface area (Å²) in [5.41, 5.74) is 2.97. The van der Waals surface area contributed by atoms with Gasteiger partial charge in [-0.25, -0.2) is 18.9 Å². The fraction of sp³-hybridized carbons (Fsp3) is 0.308. The minimum absolute atomic E-state index is 0.0868. The lowest BCUT2D eigenvalue weighted by Gasteiger charge is -2.34. The van der Waals surface area contributed by atoms with Crippen molar-refractivity contribution in [3.63, 3.8) is 0 Å². The molecule has 1 amide bonds. The van der Waals surface area contributed by atoms with Gasteiger partial charge in [-0.3, -0.25) is 9.69 Å². The number of ether oxygens (including phenoxy) is 1. The van der Waals surface area contributed by atoms with Gasteiger partial charge in [0.1, 0.15) is 18.1 Å². The van der Waals surface area contributed by atoms with E-state index in [2.05, 4.69) is 27.1 Å². The number of piperazine rings is 1. The minimum atomic E-state index is -0.359. The fourth-order valence-corrected chi connectivity index (χ4v) is 4.44. The van der Waals surface area contributed by atoms with Crippen LogP contribution in [0, 0.1) is 6.92 Å². The van der Waals surface area contributed by atoms with Crippen molar-refractivity contribution in [1.29, 1.82) is 0 Å². The summed E-state index contributed by atoms with van der Waals surface area (Å²) in [6.07, 6.45) is 0. The number of carbonyl (C=O) groups is 1. The number of fused-ring (bicyclic) bond motifs is 1. The number of hydrogen-bond donors (Lipinski definition) is 0. The molecule has 0 aliphatic carbocycles. The average Bonchev–Trinajstić information content (AvgIpc) is 3.20. The number of amides is 1. The van der Waals surface area contributed by atoms with Gasteiger partial charge in [0.05, 0.1) is 12.8 Å². The van der Waals surface area contributed by atoms with E-state index in [1.54, 1.807) is 20.1 Å². The predicted octanol–water partition coefficient (Wildman–Crippen LogP) is 2.22. The Labute approximate surface area is 203 Å². The molecular weight excluding hydrogens is 444 g/mol. The van der Waals surface area contributed by atoms with Crippen LogP contribution in [0.15, 0.2) is 65.5 Å². The smallest absolute Gasteiger partial charge is 0.352 e. The first kappa shape index (κ1) is 22.8. The highest BCUT2D eigenvalue weighted by Crippen LogP contribution is 2.22. The van der Waals surface area contributed by atoms with Gasteiger partial charge in [0.25, 0.3) is 0 Å². The van der Waals surface area contributed by atoms with Crippen LogP contribution in [-0.4, -0.2) is 68.2 Å². The van der Waals surface area contributed by atoms with E-state index >= 15 is 0 Å². The maximum Gasteiger partial charge on any atom is 0.352 e. The minimum Gasteiger partial charge on any atom is -0.497 e. The molecule has 3 heterocycles. The summed E-state index contributed by atoms with van der Waals surface area (Å²) in [5, 5.41) is 4.44. The van der Waals surface area contributed by atoms with E-state index in [0.29, 0.717) is 30.3 Å². The molecule has 0 radical (unpaired) electrons. The van der Waals surface area contributed by atoms with Crippen molar-refractivity contribution in [2.75, 3.05) is 33.3 Å². The van der Waals surface area contributed by atoms with Crippen LogP contribution in [0.5, 0.6) is 5.75 Å². The molecule has 9 nitrogen and oxygen atoms in total. The summed E-state index contributed by atoms with van der Waals surface area (Å²) < 4.78 is 7.90. The zero-order valence-electron chi connectivity index (χ0n) is 19.9. The van der Waals surface area contributed by atoms with Gasteiger partial charge in [-0.05, 0) is 36.8 Å². The van der Waals surface area contributed by atoms with Crippen LogP contribution < -0.4 is 10.4 Å². The lowest BCUT2D eigenvalue weighted by Crippen LogP contribution is -2.49. The molecule has 4 aromatic rings. The molecule has 0 N–H and O–H groups in total. The number of aromatic nitrogens is 4. The molecule has 1 saturated heterocycles. The molecule has 1 fully saturated rings. The van der Waals surface area contributed by atoms with E-state index in [0.717, 1.165) is 30.9 Å². The quantitative estimate of drug-likeness (QED) is 0.428. The van der Waals surface area contributed by atoms with Gasteiger partial charge in [0.15, 0.2) is 5.65 Å². The highest BCUT2D eigenvalue weighted by molar-refractivity contribution is 5.76. The SMILES string of the molecule is COc1ccc(-c2cc3nn(CC(=O)N4CCN(Cc5ccccc5)CC4)c(=O)n3c(C)n2)cc1. The molecule has 1 aliphatic rings. The number of rotatable bonds is 6. The molecule has 9 heteroatoms. The normalized spacial score (nSPS) is 14.4. The molecule has 5 rings (SSSR count). The largest absolute Gasteiger partial charge is 0.497 e. The topological polar surface area (TPSA) is 85.0 Å². The first-order valence-corrected chi connectivity index (χ1v) is 11.7. The standard InChI is InChI=1S/C26H28N6O3/c1-19-27-23(21-8-10-22(35-2)11-9-21)16-24-28-31(26(34)32(19)24)18-25(33)30-14-12-29(13-15-30)17-20-6-4-3-5-7-20/h3-11,16H,12-15,17-18H2,1-2H3. The van der Waals surface area contributed by atoms with Gasteiger partial charge >= 0.3 is 5.69 Å². The maximum absolute atomic E-state index is 13.0. The second kappa shape index (κ2) is 9.71. The van der Waals surface area contributed by atoms with Crippen LogP contribution in [0.2, 0.25) is 0 Å². The first-order valence-electron chi connectivity index (χ1n) is 11.7. The van der Waals surface area contributed by atoms with Gasteiger partial charge in [-0.15, -0.1) is 5.10 Å². The van der Waals surface area contributed by atoms with Crippen LogP contribution in [0.25, 0.3) is 16.9 Å². The molecule has 180 valence electrons. The molecular formula is C26H28N6O3. The van der Waals surface area contributed by atoms with Crippen molar-refractivity contribution >= 4 is 11.6 Å². The number of methoxy groups -OCH3 is 1. The molecule has 2 aromatic carbocycles. The summed E-state index contributed by atoms with van der Waals surface area (Å²) in [5.74, 6) is 1.17. The van der Waals surface area contributed by atoms with E-state index in [9.17, 15) is 9.59 Å². The third-order valence-electron chi connectivity index (χ3n) is 6.38. The third kappa shape index (κ3) is 4.81. The molecule has 0 unspecified atom stereocenters. The lowest BCUT2D eigenvalue weighted by atomic mass is 10.1. The average molecular weight is 473 g/mol. The van der Waals surface area contributed by atoms with Crippen LogP contribution in [-0.2, 0) is 17.9 Å². The summed E-state index contributed by atoms with van der Waals surface area (Å²) in [7, 11) is 1.62. The molecule has 1 aliphatic heterocycles. The number of benzene rings is 2. The zero-order valence-corrected chi connectivity index (χ0v) is 19.9. The molecule has 35 heavy (non-hydrogen) atoms. The van der Waals surface area contributed by atoms with Crippen molar-refractivity contribution in [2.45, 2.75) is 20.0 Å². The monoisotopic (exact) mass is 472 g/mol. The van der Waals surface area contributed by atoms with E-state index in [1.807, 2.05) is 47.4 Å². The number of hydrogen-bond acceptors (Lipinski definition) is 6. The van der Waals surface area contributed by atoms with Crippen molar-refractivity contribution in [1.82, 2.24) is 29.0 Å². The van der Waals surface area contributed by atoms with Gasteiger partial charge < -0.3 is 9.64 Å². The fourth-order valence-electron chi connectivity index (χ4n) is 4.44. The summed E-state index contributed by atoms with van der Waals surface area (Å²) >= 11 is 0. The maximum atomic E-state index is 13.0. The van der Waals surface area contributed by atoms with Crippen molar-refractivity contribution in [3.05, 3.63) is 82.5 Å². The van der Waals surface area contributed by atoms with Crippen LogP contribution in [0.3, 0.4) is 0 Å². The van der Waals surface area contributed by atoms with Gasteiger partial charge in [0, 0.05) is 44.4 Å². The Kier molecular flexibility index (Phi) is 6.33. The predicted molar refractivity (Wildman–Crippen MR) is 132 cm³/mol. The third-order valence-corrected chi connectivity index (χ3v) is 6.38. The van der Waals surface area contributed by atoms with Crippen molar-refractivity contribution in [3.8, 4) is 17.0 Å². The Bertz CT molecular complexity index is 1390. The van der Waals surface area contributed by atoms with Crippen LogP contribution in [0.1, 0.15) is 11.4 Å². The van der Waals surface area contributed by atoms with Crippen LogP contribution >= 0.6 is 0 Å². The first-order chi connectivity index (χ1) is 17.0. The van der Waals surface area contributed by atoms with Crippen molar-refractivity contribution in [2.24, 2.45) is 0 Å². The molecule has 2 aromatic heterocycles. The molecule has 0 atom stereocenters. The Morgan fingerprint density at radius 1 is 1.00 bits per heavy atom. The van der Waals surface area contributed by atoms with E-state index in [4.69, 9.17) is 4.74 Å². The molecule has 0 saturated carbocycles. The Balaban J connectivity index is 1.28. The highest BCUT2D eigenvalue weighted by atomic mass is 16.5. The van der Waals surface area contributed by atoms with Crippen LogP contribution in [0.4, 0.5) is 0 Å². The zero-order chi connectivity index (χ0) is 24.4. The van der Waals surface area contributed by atoms with E-state index in [1.165, 1.54) is 14.6 Å². The number of carbonyl (C=O) groups excluding carboxylic acids is 1. The molecule has 0 bridgehead atoms. The second-order valence-electron chi connectivity index (χ2n) is 8.69. The summed E-state index contributed by atoms with van der Waals surface area (Å²) in [6, 6.07) is 19.6. The highest BCUT2D eigenvalue weighted by Gasteiger charge is 2.23. The summed E-state index contributed by atoms with van der Waals surface area (Å²) in [6.45, 7) is 5.42. The van der Waals surface area contributed by atoms with Gasteiger partial charge in [-0.2, -0.15) is 0 Å². The Morgan fingerprint density at radius 2 is 1.71 bits per heavy atom. The van der Waals surface area contributed by atoms with Gasteiger partial charge in [0.2, 0.25) is 5.91 Å². The van der Waals surface area contributed by atoms with Crippen molar-refractivity contribution < 1.29 is 9.53 Å². The van der Waals surface area contributed by atoms with E-state index in [-0.39, 0.29) is 18.1 Å². The lowest BCUT2D eigenvalue weighted by molar-refractivity contribution is -0.133. The number of nitrogens with zero attached hydrogens (tertiary/aromatic N) is 6. The van der Waals surface area contributed by atoms with Gasteiger partial charge in [-0.1, -0.05) is 30.3 Å². The van der Waals surface area contributed by atoms with E-state index < -0.39 is 0 Å².